The maximum atomic E-state index is 5.13. The molecule has 0 spiro atoms. The lowest BCUT2D eigenvalue weighted by atomic mass is 9.92. The second-order valence-corrected chi connectivity index (χ2v) is 4.96. The molecule has 0 aliphatic carbocycles. The van der Waals surface area contributed by atoms with E-state index >= 15 is 0 Å². The summed E-state index contributed by atoms with van der Waals surface area (Å²) >= 11 is 0. The van der Waals surface area contributed by atoms with Gasteiger partial charge < -0.3 is 14.8 Å². The van der Waals surface area contributed by atoms with Crippen LogP contribution in [0.3, 0.4) is 0 Å². The van der Waals surface area contributed by atoms with Crippen LogP contribution in [0.4, 0.5) is 0 Å². The summed E-state index contributed by atoms with van der Waals surface area (Å²) in [5.74, 6) is 0. The highest BCUT2D eigenvalue weighted by atomic mass is 16.5. The van der Waals surface area contributed by atoms with Gasteiger partial charge in [-0.1, -0.05) is 13.8 Å². The molecule has 0 aromatic carbocycles. The molecule has 0 amide bonds. The molecule has 0 aliphatic rings. The maximum Gasteiger partial charge on any atom is 0.0589 e. The Labute approximate surface area is 100 Å². The highest BCUT2D eigenvalue weighted by Crippen LogP contribution is 2.15. The van der Waals surface area contributed by atoms with Crippen molar-refractivity contribution in [3.05, 3.63) is 0 Å². The van der Waals surface area contributed by atoms with E-state index in [0.29, 0.717) is 0 Å². The Morgan fingerprint density at radius 2 is 1.56 bits per heavy atom. The van der Waals surface area contributed by atoms with Crippen LogP contribution in [0.25, 0.3) is 0 Å². The van der Waals surface area contributed by atoms with E-state index in [2.05, 4.69) is 24.1 Å². The summed E-state index contributed by atoms with van der Waals surface area (Å²) < 4.78 is 10.3. The molecule has 0 aromatic heterocycles. The number of methoxy groups -OCH3 is 2. The van der Waals surface area contributed by atoms with Gasteiger partial charge in [0.2, 0.25) is 0 Å². The number of hydrogen-bond donors (Lipinski definition) is 1. The van der Waals surface area contributed by atoms with Gasteiger partial charge in [-0.2, -0.15) is 0 Å². The average Bonchev–Trinajstić information content (AvgIpc) is 2.21. The van der Waals surface area contributed by atoms with Crippen LogP contribution < -0.4 is 5.32 Å². The van der Waals surface area contributed by atoms with Crippen molar-refractivity contribution in [3.63, 3.8) is 0 Å². The van der Waals surface area contributed by atoms with Crippen LogP contribution in [0.15, 0.2) is 0 Å². The number of nitrogens with zero attached hydrogens (tertiary/aromatic N) is 1. The molecule has 0 aromatic rings. The van der Waals surface area contributed by atoms with Crippen molar-refractivity contribution in [1.29, 1.82) is 0 Å². The van der Waals surface area contributed by atoms with Gasteiger partial charge in [0.05, 0.1) is 13.2 Å². The highest BCUT2D eigenvalue weighted by Gasteiger charge is 2.20. The van der Waals surface area contributed by atoms with E-state index in [0.717, 1.165) is 39.4 Å². The smallest absolute Gasteiger partial charge is 0.0589 e. The third-order valence-electron chi connectivity index (χ3n) is 2.53. The van der Waals surface area contributed by atoms with E-state index in [-0.39, 0.29) is 5.41 Å². The fourth-order valence-electron chi connectivity index (χ4n) is 1.85. The molecule has 0 fully saturated rings. The summed E-state index contributed by atoms with van der Waals surface area (Å²) in [4.78, 5) is 2.39. The van der Waals surface area contributed by atoms with Crippen molar-refractivity contribution in [2.75, 3.05) is 60.7 Å². The molecule has 16 heavy (non-hydrogen) atoms. The Hall–Kier alpha value is -0.160. The van der Waals surface area contributed by atoms with Gasteiger partial charge in [0, 0.05) is 40.4 Å². The van der Waals surface area contributed by atoms with E-state index < -0.39 is 0 Å². The van der Waals surface area contributed by atoms with Gasteiger partial charge in [0.15, 0.2) is 0 Å². The molecular weight excluding hydrogens is 204 g/mol. The predicted octanol–water partition coefficient (Wildman–Crippen LogP) is 0.827. The van der Waals surface area contributed by atoms with E-state index in [1.165, 1.54) is 0 Å². The van der Waals surface area contributed by atoms with Crippen molar-refractivity contribution in [3.8, 4) is 0 Å². The third-order valence-corrected chi connectivity index (χ3v) is 2.53. The molecule has 0 unspecified atom stereocenters. The molecule has 98 valence electrons. The Morgan fingerprint density at radius 1 is 1.06 bits per heavy atom. The molecule has 0 radical (unpaired) electrons. The fourth-order valence-corrected chi connectivity index (χ4v) is 1.85. The van der Waals surface area contributed by atoms with Crippen LogP contribution in [0.1, 0.15) is 13.8 Å². The SMILES string of the molecule is CNCC(C)(C)CN(CCOC)CCOC. The van der Waals surface area contributed by atoms with E-state index in [9.17, 15) is 0 Å². The molecule has 0 saturated heterocycles. The van der Waals surface area contributed by atoms with Gasteiger partial charge in [0.25, 0.3) is 0 Å². The summed E-state index contributed by atoms with van der Waals surface area (Å²) in [7, 11) is 5.48. The van der Waals surface area contributed by atoms with Crippen LogP contribution in [-0.2, 0) is 9.47 Å². The summed E-state index contributed by atoms with van der Waals surface area (Å²) in [5.41, 5.74) is 0.274. The number of nitrogens with one attached hydrogen (secondary N) is 1. The number of rotatable bonds is 10. The van der Waals surface area contributed by atoms with Gasteiger partial charge >= 0.3 is 0 Å². The Kier molecular flexibility index (Phi) is 8.84. The van der Waals surface area contributed by atoms with Crippen LogP contribution >= 0.6 is 0 Å². The highest BCUT2D eigenvalue weighted by molar-refractivity contribution is 4.75. The number of hydrogen-bond acceptors (Lipinski definition) is 4. The molecule has 0 atom stereocenters. The monoisotopic (exact) mass is 232 g/mol. The molecule has 0 heterocycles. The summed E-state index contributed by atoms with van der Waals surface area (Å²) in [6, 6.07) is 0. The fraction of sp³-hybridized carbons (Fsp3) is 1.00. The molecule has 4 heteroatoms. The first-order chi connectivity index (χ1) is 7.55. The van der Waals surface area contributed by atoms with Gasteiger partial charge in [-0.3, -0.25) is 4.90 Å². The second-order valence-electron chi connectivity index (χ2n) is 4.96. The summed E-state index contributed by atoms with van der Waals surface area (Å²) in [6.45, 7) is 10.1. The number of ether oxygens (including phenoxy) is 2. The standard InChI is InChI=1S/C12H28N2O2/c1-12(2,10-13-3)11-14(6-8-15-4)7-9-16-5/h13H,6-11H2,1-5H3. The summed E-state index contributed by atoms with van der Waals surface area (Å²) in [5, 5.41) is 3.24. The van der Waals surface area contributed by atoms with Gasteiger partial charge in [-0.25, -0.2) is 0 Å². The van der Waals surface area contributed by atoms with Crippen molar-refractivity contribution in [2.24, 2.45) is 5.41 Å². The lowest BCUT2D eigenvalue weighted by Crippen LogP contribution is -2.42. The van der Waals surface area contributed by atoms with Gasteiger partial charge in [0.1, 0.15) is 0 Å². The van der Waals surface area contributed by atoms with Crippen LogP contribution in [0.2, 0.25) is 0 Å². The Balaban J connectivity index is 4.06. The molecule has 4 nitrogen and oxygen atoms in total. The van der Waals surface area contributed by atoms with Crippen LogP contribution in [0.5, 0.6) is 0 Å². The van der Waals surface area contributed by atoms with Crippen LogP contribution in [0, 0.1) is 5.41 Å². The second kappa shape index (κ2) is 8.93. The third kappa shape index (κ3) is 8.05. The average molecular weight is 232 g/mol. The zero-order chi connectivity index (χ0) is 12.4. The first-order valence-electron chi connectivity index (χ1n) is 5.90. The minimum absolute atomic E-state index is 0.274. The zero-order valence-electron chi connectivity index (χ0n) is 11.5. The zero-order valence-corrected chi connectivity index (χ0v) is 11.5. The first kappa shape index (κ1) is 15.8. The molecule has 0 bridgehead atoms. The van der Waals surface area contributed by atoms with Crippen LogP contribution in [-0.4, -0.2) is 65.6 Å². The maximum absolute atomic E-state index is 5.13. The molecule has 0 rings (SSSR count). The predicted molar refractivity (Wildman–Crippen MR) is 67.9 cm³/mol. The van der Waals surface area contributed by atoms with Gasteiger partial charge in [-0.05, 0) is 12.5 Å². The summed E-state index contributed by atoms with van der Waals surface area (Å²) in [6.07, 6.45) is 0. The molecule has 1 N–H and O–H groups in total. The van der Waals surface area contributed by atoms with E-state index in [1.807, 2.05) is 7.05 Å². The van der Waals surface area contributed by atoms with E-state index in [4.69, 9.17) is 9.47 Å². The minimum Gasteiger partial charge on any atom is -0.383 e. The van der Waals surface area contributed by atoms with E-state index in [1.54, 1.807) is 14.2 Å². The topological polar surface area (TPSA) is 33.7 Å². The van der Waals surface area contributed by atoms with Crippen molar-refractivity contribution in [2.45, 2.75) is 13.8 Å². The van der Waals surface area contributed by atoms with Crippen molar-refractivity contribution < 1.29 is 9.47 Å². The normalized spacial score (nSPS) is 12.4. The first-order valence-corrected chi connectivity index (χ1v) is 5.90. The Morgan fingerprint density at radius 3 is 1.94 bits per heavy atom. The lowest BCUT2D eigenvalue weighted by molar-refractivity contribution is 0.0889. The van der Waals surface area contributed by atoms with Crippen molar-refractivity contribution >= 4 is 0 Å². The Bertz CT molecular complexity index is 155. The quantitative estimate of drug-likeness (QED) is 0.605. The molecular formula is C12H28N2O2. The van der Waals surface area contributed by atoms with Crippen molar-refractivity contribution in [1.82, 2.24) is 10.2 Å². The lowest BCUT2D eigenvalue weighted by Gasteiger charge is -2.32. The minimum atomic E-state index is 0.274. The largest absolute Gasteiger partial charge is 0.383 e. The molecule has 0 saturated carbocycles. The molecule has 0 aliphatic heterocycles. The van der Waals surface area contributed by atoms with Gasteiger partial charge in [-0.15, -0.1) is 0 Å².